The molecule has 5 rings (SSSR count). The zero-order valence-corrected chi connectivity index (χ0v) is 22.4. The van der Waals surface area contributed by atoms with Gasteiger partial charge in [-0.25, -0.2) is 18.3 Å². The molecule has 40 heavy (non-hydrogen) atoms. The molecular weight excluding hydrogens is 524 g/mol. The van der Waals surface area contributed by atoms with E-state index in [0.717, 1.165) is 25.7 Å². The predicted octanol–water partition coefficient (Wildman–Crippen LogP) is 3.01. The maximum atomic E-state index is 14.2. The highest BCUT2D eigenvalue weighted by atomic mass is 19.3. The molecule has 1 aliphatic carbocycles. The number of aromatic nitrogens is 5. The number of hydrogen-bond acceptors (Lipinski definition) is 6. The van der Waals surface area contributed by atoms with E-state index in [1.807, 2.05) is 12.2 Å². The summed E-state index contributed by atoms with van der Waals surface area (Å²) in [5, 5.41) is 23.6. The molecule has 3 aromatic rings. The Morgan fingerprint density at radius 2 is 1.98 bits per heavy atom. The Balaban J connectivity index is 1.46. The van der Waals surface area contributed by atoms with Crippen LogP contribution in [0.15, 0.2) is 30.6 Å². The van der Waals surface area contributed by atoms with E-state index < -0.39 is 48.6 Å². The molecule has 1 aliphatic heterocycles. The van der Waals surface area contributed by atoms with Crippen molar-refractivity contribution in [2.45, 2.75) is 70.9 Å². The summed E-state index contributed by atoms with van der Waals surface area (Å²) in [6, 6.07) is 4.36. The van der Waals surface area contributed by atoms with Crippen molar-refractivity contribution in [2.75, 3.05) is 6.54 Å². The number of amides is 2. The van der Waals surface area contributed by atoms with E-state index in [-0.39, 0.29) is 17.5 Å². The van der Waals surface area contributed by atoms with Crippen LogP contribution in [-0.4, -0.2) is 59.7 Å². The monoisotopic (exact) mass is 557 g/mol. The average molecular weight is 558 g/mol. The maximum Gasteiger partial charge on any atom is 0.319 e. The number of carbonyl (C=O) groups excluding carboxylic acids is 2. The van der Waals surface area contributed by atoms with E-state index in [1.165, 1.54) is 10.6 Å². The minimum atomic E-state index is -3.35. The van der Waals surface area contributed by atoms with Crippen LogP contribution >= 0.6 is 0 Å². The lowest BCUT2D eigenvalue weighted by molar-refractivity contribution is -0.169. The zero-order valence-electron chi connectivity index (χ0n) is 22.4. The second kappa shape index (κ2) is 10.6. The Morgan fingerprint density at radius 3 is 2.67 bits per heavy atom. The number of aryl methyl sites for hydroxylation is 1. The van der Waals surface area contributed by atoms with Crippen molar-refractivity contribution in [3.8, 4) is 0 Å². The lowest BCUT2D eigenvalue weighted by Gasteiger charge is -2.36. The van der Waals surface area contributed by atoms with Gasteiger partial charge in [-0.3, -0.25) is 19.1 Å². The number of aliphatic carboxylic acids is 1. The Hall–Kier alpha value is -3.90. The van der Waals surface area contributed by atoms with Crippen molar-refractivity contribution < 1.29 is 28.3 Å². The first-order valence-corrected chi connectivity index (χ1v) is 13.6. The summed E-state index contributed by atoms with van der Waals surface area (Å²) < 4.78 is 31.4. The number of carboxylic acids is 1. The Morgan fingerprint density at radius 1 is 1.23 bits per heavy atom. The number of carboxylic acid groups (broad SMARTS) is 1. The van der Waals surface area contributed by atoms with Crippen LogP contribution in [0, 0.1) is 17.3 Å². The van der Waals surface area contributed by atoms with Gasteiger partial charge in [0.05, 0.1) is 30.2 Å². The molecule has 3 aromatic heterocycles. The molecule has 4 heterocycles. The summed E-state index contributed by atoms with van der Waals surface area (Å²) in [6.45, 7) is 3.77. The number of halogens is 2. The van der Waals surface area contributed by atoms with Crippen LogP contribution in [0.5, 0.6) is 0 Å². The molecule has 0 bridgehead atoms. The second-order valence-electron chi connectivity index (χ2n) is 11.1. The Bertz CT molecular complexity index is 1430. The van der Waals surface area contributed by atoms with Crippen molar-refractivity contribution in [1.29, 1.82) is 0 Å². The van der Waals surface area contributed by atoms with E-state index in [0.29, 0.717) is 29.5 Å². The largest absolute Gasteiger partial charge is 0.480 e. The van der Waals surface area contributed by atoms with E-state index in [4.69, 9.17) is 4.98 Å². The summed E-state index contributed by atoms with van der Waals surface area (Å²) in [6.07, 6.45) is 5.52. The Kier molecular flexibility index (Phi) is 7.32. The molecule has 1 saturated heterocycles. The lowest BCUT2D eigenvalue weighted by Crippen LogP contribution is -2.59. The molecule has 0 spiro atoms. The standard InChI is InChI=1S/C27H33F2N7O4/c1-3-35-20(10-11-31-35)23(37)33-22(17-6-4-16(2)5-7-17)19-13-36-21(32-19)9-8-18(34-36)12-26(25(39)40)14-27(28,29)15-30-24(26)38/h8-11,13,16-17,22H,3-7,12,14-15H2,1-2H3,(H,30,38)(H,33,37)(H,39,40)/t16?,17?,22-,26+/m0/s1. The van der Waals surface area contributed by atoms with Crippen molar-refractivity contribution in [2.24, 2.45) is 17.3 Å². The number of nitrogens with one attached hydrogen (secondary N) is 2. The van der Waals surface area contributed by atoms with E-state index in [9.17, 15) is 28.3 Å². The minimum Gasteiger partial charge on any atom is -0.480 e. The minimum absolute atomic E-state index is 0.144. The van der Waals surface area contributed by atoms with Gasteiger partial charge in [-0.05, 0) is 49.8 Å². The van der Waals surface area contributed by atoms with Crippen LogP contribution < -0.4 is 10.6 Å². The maximum absolute atomic E-state index is 14.2. The van der Waals surface area contributed by atoms with Crippen LogP contribution in [0.2, 0.25) is 0 Å². The normalized spacial score (nSPS) is 25.4. The third-order valence-electron chi connectivity index (χ3n) is 8.17. The fourth-order valence-electron chi connectivity index (χ4n) is 5.89. The number of piperidine rings is 1. The Labute approximate surface area is 229 Å². The number of fused-ring (bicyclic) bond motifs is 1. The number of hydrogen-bond donors (Lipinski definition) is 3. The van der Waals surface area contributed by atoms with Gasteiger partial charge in [0.2, 0.25) is 5.91 Å². The molecule has 1 saturated carbocycles. The molecule has 2 fully saturated rings. The molecule has 13 heteroatoms. The summed E-state index contributed by atoms with van der Waals surface area (Å²) >= 11 is 0. The molecule has 0 radical (unpaired) electrons. The number of carbonyl (C=O) groups is 3. The highest BCUT2D eigenvalue weighted by Crippen LogP contribution is 2.39. The first kappa shape index (κ1) is 27.7. The van der Waals surface area contributed by atoms with Gasteiger partial charge in [-0.2, -0.15) is 10.2 Å². The van der Waals surface area contributed by atoms with Gasteiger partial charge in [-0.15, -0.1) is 0 Å². The fraction of sp³-hybridized carbons (Fsp3) is 0.556. The molecule has 214 valence electrons. The van der Waals surface area contributed by atoms with Gasteiger partial charge in [-0.1, -0.05) is 19.8 Å². The number of nitrogens with zero attached hydrogens (tertiary/aromatic N) is 5. The van der Waals surface area contributed by atoms with Crippen molar-refractivity contribution >= 4 is 23.4 Å². The summed E-state index contributed by atoms with van der Waals surface area (Å²) in [5.74, 6) is -5.45. The smallest absolute Gasteiger partial charge is 0.319 e. The van der Waals surface area contributed by atoms with Crippen molar-refractivity contribution in [3.05, 3.63) is 47.7 Å². The summed E-state index contributed by atoms with van der Waals surface area (Å²) in [4.78, 5) is 42.6. The van der Waals surface area contributed by atoms with Crippen LogP contribution in [0.25, 0.3) is 5.65 Å². The molecule has 2 aliphatic rings. The van der Waals surface area contributed by atoms with Crippen molar-refractivity contribution in [1.82, 2.24) is 35.0 Å². The molecular formula is C27H33F2N7O4. The summed E-state index contributed by atoms with van der Waals surface area (Å²) in [7, 11) is 0. The average Bonchev–Trinajstić information content (AvgIpc) is 3.56. The van der Waals surface area contributed by atoms with E-state index >= 15 is 0 Å². The molecule has 2 atom stereocenters. The van der Waals surface area contributed by atoms with E-state index in [2.05, 4.69) is 22.4 Å². The number of alkyl halides is 2. The zero-order chi connectivity index (χ0) is 28.7. The molecule has 0 unspecified atom stereocenters. The molecule has 11 nitrogen and oxygen atoms in total. The van der Waals surface area contributed by atoms with Crippen LogP contribution in [0.4, 0.5) is 8.78 Å². The SMILES string of the molecule is CCn1nccc1C(=O)N[C@H](c1cn2nc(C[C@@]3(C(=O)O)CC(F)(F)CNC3=O)ccc2n1)C1CCC(C)CC1. The quantitative estimate of drug-likeness (QED) is 0.361. The topological polar surface area (TPSA) is 144 Å². The van der Waals surface area contributed by atoms with Gasteiger partial charge in [0.15, 0.2) is 11.1 Å². The lowest BCUT2D eigenvalue weighted by atomic mass is 9.74. The van der Waals surface area contributed by atoms with Crippen LogP contribution in [0.3, 0.4) is 0 Å². The third kappa shape index (κ3) is 5.28. The fourth-order valence-corrected chi connectivity index (χ4v) is 5.89. The second-order valence-corrected chi connectivity index (χ2v) is 11.1. The first-order valence-electron chi connectivity index (χ1n) is 13.6. The molecule has 2 amide bonds. The third-order valence-corrected chi connectivity index (χ3v) is 8.17. The number of imidazole rings is 1. The van der Waals surface area contributed by atoms with Gasteiger partial charge >= 0.3 is 5.97 Å². The molecule has 0 aromatic carbocycles. The molecule has 3 N–H and O–H groups in total. The van der Waals surface area contributed by atoms with Crippen LogP contribution in [-0.2, 0) is 22.6 Å². The van der Waals surface area contributed by atoms with Gasteiger partial charge in [0, 0.05) is 25.6 Å². The van der Waals surface area contributed by atoms with Crippen LogP contribution in [0.1, 0.15) is 73.9 Å². The van der Waals surface area contributed by atoms with Gasteiger partial charge < -0.3 is 15.7 Å². The summed E-state index contributed by atoms with van der Waals surface area (Å²) in [5.41, 5.74) is -0.699. The van der Waals surface area contributed by atoms with Crippen molar-refractivity contribution in [3.63, 3.8) is 0 Å². The predicted molar refractivity (Wildman–Crippen MR) is 139 cm³/mol. The highest BCUT2D eigenvalue weighted by Gasteiger charge is 2.56. The van der Waals surface area contributed by atoms with E-state index in [1.54, 1.807) is 29.2 Å². The number of rotatable bonds is 8. The highest BCUT2D eigenvalue weighted by molar-refractivity contribution is 6.03. The first-order chi connectivity index (χ1) is 19.0. The van der Waals surface area contributed by atoms with Gasteiger partial charge in [0.1, 0.15) is 5.69 Å². The van der Waals surface area contributed by atoms with Gasteiger partial charge in [0.25, 0.3) is 11.8 Å².